The Morgan fingerprint density at radius 3 is 2.70 bits per heavy atom. The van der Waals surface area contributed by atoms with Crippen molar-refractivity contribution in [3.8, 4) is 11.3 Å². The summed E-state index contributed by atoms with van der Waals surface area (Å²) in [7, 11) is -1.94. The standard InChI is InChI=1S/C24H27N5O3S/c1-29(14-15-2-3-15)33(31,32)19-5-7-22(27-13-19)18-11-21(23(25)28-12-18)16-4-6-20-17(10-16)8-9-26-24(20)30/h5,7,10-13,15H,2-4,6,8-9,14H2,1H3,(H2,25,28)(H,26,30). The van der Waals surface area contributed by atoms with E-state index in [-0.39, 0.29) is 10.8 Å². The monoisotopic (exact) mass is 465 g/mol. The summed E-state index contributed by atoms with van der Waals surface area (Å²) < 4.78 is 27.0. The van der Waals surface area contributed by atoms with E-state index in [0.717, 1.165) is 47.1 Å². The normalized spacial score (nSPS) is 18.7. The van der Waals surface area contributed by atoms with Crippen molar-refractivity contribution in [3.63, 3.8) is 0 Å². The van der Waals surface area contributed by atoms with Crippen LogP contribution < -0.4 is 11.1 Å². The topological polar surface area (TPSA) is 118 Å². The van der Waals surface area contributed by atoms with Crippen molar-refractivity contribution >= 4 is 27.3 Å². The van der Waals surface area contributed by atoms with E-state index in [9.17, 15) is 13.2 Å². The van der Waals surface area contributed by atoms with Gasteiger partial charge in [0.05, 0.1) is 5.69 Å². The Kier molecular flexibility index (Phi) is 5.54. The molecule has 1 fully saturated rings. The molecule has 5 rings (SSSR count). The number of aromatic nitrogens is 2. The fourth-order valence-corrected chi connectivity index (χ4v) is 5.61. The molecule has 2 aliphatic carbocycles. The molecule has 0 bridgehead atoms. The summed E-state index contributed by atoms with van der Waals surface area (Å²) in [5.41, 5.74) is 11.4. The molecule has 0 aromatic carbocycles. The van der Waals surface area contributed by atoms with Crippen molar-refractivity contribution in [3.05, 3.63) is 53.4 Å². The third-order valence-corrected chi connectivity index (χ3v) is 8.36. The predicted octanol–water partition coefficient (Wildman–Crippen LogP) is 2.75. The minimum Gasteiger partial charge on any atom is -0.383 e. The number of hydrogen-bond acceptors (Lipinski definition) is 6. The van der Waals surface area contributed by atoms with Gasteiger partial charge in [0, 0.05) is 49.2 Å². The van der Waals surface area contributed by atoms with Gasteiger partial charge < -0.3 is 11.1 Å². The van der Waals surface area contributed by atoms with Gasteiger partial charge in [0.25, 0.3) is 0 Å². The smallest absolute Gasteiger partial charge is 0.247 e. The van der Waals surface area contributed by atoms with Crippen LogP contribution in [0.4, 0.5) is 5.82 Å². The number of nitrogen functional groups attached to an aromatic ring is 1. The van der Waals surface area contributed by atoms with E-state index in [0.29, 0.717) is 43.4 Å². The van der Waals surface area contributed by atoms with E-state index in [4.69, 9.17) is 5.73 Å². The van der Waals surface area contributed by atoms with Gasteiger partial charge >= 0.3 is 0 Å². The number of carbonyl (C=O) groups excluding carboxylic acids is 1. The number of nitrogens with zero attached hydrogens (tertiary/aromatic N) is 3. The second-order valence-electron chi connectivity index (χ2n) is 8.94. The molecule has 0 spiro atoms. The fraction of sp³-hybridized carbons (Fsp3) is 0.375. The summed E-state index contributed by atoms with van der Waals surface area (Å²) in [5, 5.41) is 2.89. The molecule has 0 saturated heterocycles. The van der Waals surface area contributed by atoms with E-state index in [1.165, 1.54) is 10.5 Å². The number of sulfonamides is 1. The first-order valence-electron chi connectivity index (χ1n) is 11.2. The first-order chi connectivity index (χ1) is 15.8. The van der Waals surface area contributed by atoms with E-state index >= 15 is 0 Å². The highest BCUT2D eigenvalue weighted by Crippen LogP contribution is 2.36. The van der Waals surface area contributed by atoms with E-state index in [1.54, 1.807) is 25.4 Å². The van der Waals surface area contributed by atoms with E-state index < -0.39 is 10.0 Å². The molecule has 2 aromatic rings. The molecule has 33 heavy (non-hydrogen) atoms. The molecular formula is C24H27N5O3S. The van der Waals surface area contributed by atoms with Crippen LogP contribution in [-0.2, 0) is 14.8 Å². The van der Waals surface area contributed by atoms with Gasteiger partial charge in [-0.3, -0.25) is 9.78 Å². The lowest BCUT2D eigenvalue weighted by Gasteiger charge is -2.24. The van der Waals surface area contributed by atoms with Gasteiger partial charge in [-0.05, 0) is 67.4 Å². The molecule has 1 amide bonds. The van der Waals surface area contributed by atoms with Crippen LogP contribution in [0.15, 0.2) is 52.7 Å². The Hall–Kier alpha value is -3.04. The molecule has 8 nitrogen and oxygen atoms in total. The molecule has 3 heterocycles. The molecule has 3 N–H and O–H groups in total. The molecular weight excluding hydrogens is 438 g/mol. The summed E-state index contributed by atoms with van der Waals surface area (Å²) in [5.74, 6) is 0.920. The number of nitrogens with one attached hydrogen (secondary N) is 1. The molecule has 0 atom stereocenters. The van der Waals surface area contributed by atoms with Crippen molar-refractivity contribution in [2.45, 2.75) is 37.0 Å². The molecule has 3 aliphatic rings. The quantitative estimate of drug-likeness (QED) is 0.677. The third-order valence-electron chi connectivity index (χ3n) is 6.55. The fourth-order valence-electron chi connectivity index (χ4n) is 4.42. The maximum atomic E-state index is 12.8. The summed E-state index contributed by atoms with van der Waals surface area (Å²) in [6, 6.07) is 5.24. The average molecular weight is 466 g/mol. The second-order valence-corrected chi connectivity index (χ2v) is 11.0. The molecule has 0 radical (unpaired) electrons. The minimum atomic E-state index is -3.55. The highest BCUT2D eigenvalue weighted by Gasteiger charge is 2.29. The molecule has 1 aliphatic heterocycles. The molecule has 2 aromatic heterocycles. The second kappa shape index (κ2) is 8.39. The largest absolute Gasteiger partial charge is 0.383 e. The Morgan fingerprint density at radius 1 is 1.15 bits per heavy atom. The number of pyridine rings is 2. The van der Waals surface area contributed by atoms with E-state index in [2.05, 4.69) is 21.4 Å². The predicted molar refractivity (Wildman–Crippen MR) is 126 cm³/mol. The van der Waals surface area contributed by atoms with Crippen LogP contribution in [-0.4, -0.2) is 48.7 Å². The number of hydrogen-bond donors (Lipinski definition) is 2. The van der Waals surface area contributed by atoms with Gasteiger partial charge in [-0.1, -0.05) is 6.08 Å². The zero-order valence-corrected chi connectivity index (χ0v) is 19.4. The first-order valence-corrected chi connectivity index (χ1v) is 12.7. The maximum Gasteiger partial charge on any atom is 0.247 e. The van der Waals surface area contributed by atoms with Crippen LogP contribution >= 0.6 is 0 Å². The zero-order valence-electron chi connectivity index (χ0n) is 18.5. The lowest BCUT2D eigenvalue weighted by atomic mass is 9.85. The SMILES string of the molecule is CN(CC1CC1)S(=O)(=O)c1ccc(-c2cnc(N)c(C3=CC4=C(CC3)C(=O)NCC4)c2)nc1. The summed E-state index contributed by atoms with van der Waals surface area (Å²) in [6.07, 6.45) is 9.49. The summed E-state index contributed by atoms with van der Waals surface area (Å²) in [4.78, 5) is 21.0. The maximum absolute atomic E-state index is 12.8. The van der Waals surface area contributed by atoms with Crippen LogP contribution in [0.1, 0.15) is 37.7 Å². The first kappa shape index (κ1) is 21.8. The van der Waals surface area contributed by atoms with Gasteiger partial charge in [-0.2, -0.15) is 0 Å². The van der Waals surface area contributed by atoms with Crippen molar-refractivity contribution in [2.75, 3.05) is 25.9 Å². The lowest BCUT2D eigenvalue weighted by molar-refractivity contribution is -0.118. The molecule has 0 unspecified atom stereocenters. The Labute approximate surface area is 193 Å². The number of rotatable bonds is 6. The summed E-state index contributed by atoms with van der Waals surface area (Å²) in [6.45, 7) is 1.19. The molecule has 1 saturated carbocycles. The highest BCUT2D eigenvalue weighted by molar-refractivity contribution is 7.89. The van der Waals surface area contributed by atoms with Crippen LogP contribution in [0.5, 0.6) is 0 Å². The Morgan fingerprint density at radius 2 is 1.97 bits per heavy atom. The van der Waals surface area contributed by atoms with Crippen LogP contribution in [0.2, 0.25) is 0 Å². The minimum absolute atomic E-state index is 0.0217. The molecule has 9 heteroatoms. The number of anilines is 1. The van der Waals surface area contributed by atoms with Gasteiger partial charge in [-0.15, -0.1) is 0 Å². The number of amides is 1. The Bertz CT molecular complexity index is 1280. The van der Waals surface area contributed by atoms with Crippen molar-refractivity contribution < 1.29 is 13.2 Å². The van der Waals surface area contributed by atoms with E-state index in [1.807, 2.05) is 6.07 Å². The number of carbonyl (C=O) groups is 1. The van der Waals surface area contributed by atoms with Gasteiger partial charge in [-0.25, -0.2) is 17.7 Å². The van der Waals surface area contributed by atoms with Crippen LogP contribution in [0.25, 0.3) is 16.8 Å². The van der Waals surface area contributed by atoms with Gasteiger partial charge in [0.2, 0.25) is 15.9 Å². The van der Waals surface area contributed by atoms with Crippen LogP contribution in [0, 0.1) is 5.92 Å². The Balaban J connectivity index is 1.42. The number of allylic oxidation sites excluding steroid dienone is 2. The van der Waals surface area contributed by atoms with Crippen molar-refractivity contribution in [2.24, 2.45) is 5.92 Å². The highest BCUT2D eigenvalue weighted by atomic mass is 32.2. The average Bonchev–Trinajstić information content (AvgIpc) is 3.63. The molecule has 172 valence electrons. The van der Waals surface area contributed by atoms with Crippen LogP contribution in [0.3, 0.4) is 0 Å². The third kappa shape index (κ3) is 4.30. The van der Waals surface area contributed by atoms with Gasteiger partial charge in [0.1, 0.15) is 10.7 Å². The van der Waals surface area contributed by atoms with Crippen molar-refractivity contribution in [1.29, 1.82) is 0 Å². The summed E-state index contributed by atoms with van der Waals surface area (Å²) >= 11 is 0. The van der Waals surface area contributed by atoms with Gasteiger partial charge in [0.15, 0.2) is 0 Å². The lowest BCUT2D eigenvalue weighted by Crippen LogP contribution is -2.32. The number of nitrogens with two attached hydrogens (primary N) is 1. The zero-order chi connectivity index (χ0) is 23.2. The van der Waals surface area contributed by atoms with Crippen molar-refractivity contribution in [1.82, 2.24) is 19.6 Å².